The maximum absolute atomic E-state index is 12.0. The Labute approximate surface area is 102 Å². The van der Waals surface area contributed by atoms with Crippen LogP contribution in [0.25, 0.3) is 0 Å². The third-order valence-corrected chi connectivity index (χ3v) is 3.62. The van der Waals surface area contributed by atoms with E-state index in [2.05, 4.69) is 29.8 Å². The Balaban J connectivity index is 2.48. The molecule has 1 aliphatic heterocycles. The van der Waals surface area contributed by atoms with Gasteiger partial charge in [0.05, 0.1) is 4.32 Å². The topological polar surface area (TPSA) is 20.3 Å². The second kappa shape index (κ2) is 4.86. The lowest BCUT2D eigenvalue weighted by Crippen LogP contribution is -2.46. The standard InChI is InChI=1S/C12H22BrNO/c1-9(2)10-5-7-14(8-6-10)11(15)12(3,4)13/h9-10H,5-8H2,1-4H3. The second-order valence-corrected chi connectivity index (χ2v) is 7.33. The molecule has 0 unspecified atom stereocenters. The lowest BCUT2D eigenvalue weighted by molar-refractivity contribution is -0.134. The summed E-state index contributed by atoms with van der Waals surface area (Å²) in [4.78, 5) is 14.0. The van der Waals surface area contributed by atoms with Crippen LogP contribution in [-0.2, 0) is 4.79 Å². The highest BCUT2D eigenvalue weighted by Gasteiger charge is 2.32. The number of rotatable bonds is 2. The van der Waals surface area contributed by atoms with Crippen LogP contribution in [0.5, 0.6) is 0 Å². The molecule has 0 aromatic heterocycles. The highest BCUT2D eigenvalue weighted by Crippen LogP contribution is 2.27. The maximum Gasteiger partial charge on any atom is 0.238 e. The van der Waals surface area contributed by atoms with Gasteiger partial charge in [-0.25, -0.2) is 0 Å². The first-order valence-corrected chi connectivity index (χ1v) is 6.60. The Hall–Kier alpha value is -0.0500. The molecule has 0 aromatic rings. The summed E-state index contributed by atoms with van der Waals surface area (Å²) in [5, 5.41) is 0. The molecule has 15 heavy (non-hydrogen) atoms. The molecule has 0 N–H and O–H groups in total. The fourth-order valence-corrected chi connectivity index (χ4v) is 2.40. The Morgan fingerprint density at radius 3 is 2.13 bits per heavy atom. The van der Waals surface area contributed by atoms with E-state index in [4.69, 9.17) is 0 Å². The van der Waals surface area contributed by atoms with Gasteiger partial charge in [-0.2, -0.15) is 0 Å². The smallest absolute Gasteiger partial charge is 0.238 e. The molecule has 0 atom stereocenters. The van der Waals surface area contributed by atoms with Gasteiger partial charge in [-0.05, 0) is 38.5 Å². The quantitative estimate of drug-likeness (QED) is 0.710. The molecule has 0 aliphatic carbocycles. The number of nitrogens with zero attached hydrogens (tertiary/aromatic N) is 1. The van der Waals surface area contributed by atoms with Gasteiger partial charge in [0.25, 0.3) is 0 Å². The van der Waals surface area contributed by atoms with Crippen molar-refractivity contribution in [2.45, 2.75) is 44.9 Å². The Morgan fingerprint density at radius 1 is 1.33 bits per heavy atom. The third kappa shape index (κ3) is 3.47. The Morgan fingerprint density at radius 2 is 1.80 bits per heavy atom. The van der Waals surface area contributed by atoms with Crippen LogP contribution in [0.2, 0.25) is 0 Å². The Bertz CT molecular complexity index is 224. The molecule has 3 heteroatoms. The summed E-state index contributed by atoms with van der Waals surface area (Å²) in [6.45, 7) is 10.2. The van der Waals surface area contributed by atoms with Crippen LogP contribution >= 0.6 is 15.9 Å². The van der Waals surface area contributed by atoms with Gasteiger partial charge < -0.3 is 4.90 Å². The fourth-order valence-electron chi connectivity index (χ4n) is 2.15. The van der Waals surface area contributed by atoms with Crippen LogP contribution in [0.3, 0.4) is 0 Å². The zero-order valence-electron chi connectivity index (χ0n) is 10.2. The lowest BCUT2D eigenvalue weighted by Gasteiger charge is -2.36. The lowest BCUT2D eigenvalue weighted by atomic mass is 9.86. The Kier molecular flexibility index (Phi) is 4.21. The van der Waals surface area contributed by atoms with Gasteiger partial charge >= 0.3 is 0 Å². The zero-order valence-corrected chi connectivity index (χ0v) is 11.8. The molecule has 0 saturated carbocycles. The van der Waals surface area contributed by atoms with E-state index in [1.807, 2.05) is 18.7 Å². The molecule has 0 radical (unpaired) electrons. The van der Waals surface area contributed by atoms with Crippen LogP contribution < -0.4 is 0 Å². The molecule has 1 fully saturated rings. The average Bonchev–Trinajstić information content (AvgIpc) is 2.15. The fraction of sp³-hybridized carbons (Fsp3) is 0.917. The number of hydrogen-bond donors (Lipinski definition) is 0. The first-order chi connectivity index (χ1) is 6.82. The van der Waals surface area contributed by atoms with Crippen LogP contribution in [0.4, 0.5) is 0 Å². The van der Waals surface area contributed by atoms with Crippen LogP contribution in [0.15, 0.2) is 0 Å². The van der Waals surface area contributed by atoms with Crippen molar-refractivity contribution < 1.29 is 4.79 Å². The second-order valence-electron chi connectivity index (χ2n) is 5.35. The van der Waals surface area contributed by atoms with E-state index in [1.165, 1.54) is 0 Å². The summed E-state index contributed by atoms with van der Waals surface area (Å²) in [7, 11) is 0. The van der Waals surface area contributed by atoms with E-state index in [9.17, 15) is 4.79 Å². The first-order valence-electron chi connectivity index (χ1n) is 5.80. The predicted molar refractivity (Wildman–Crippen MR) is 67.1 cm³/mol. The highest BCUT2D eigenvalue weighted by molar-refractivity contribution is 9.10. The van der Waals surface area contributed by atoms with Crippen LogP contribution in [-0.4, -0.2) is 28.2 Å². The van der Waals surface area contributed by atoms with E-state index in [0.717, 1.165) is 37.8 Å². The molecular weight excluding hydrogens is 254 g/mol. The maximum atomic E-state index is 12.0. The molecule has 0 bridgehead atoms. The first kappa shape index (κ1) is 13.0. The molecule has 0 aromatic carbocycles. The largest absolute Gasteiger partial charge is 0.341 e. The summed E-state index contributed by atoms with van der Waals surface area (Å²) in [5.74, 6) is 1.77. The number of hydrogen-bond acceptors (Lipinski definition) is 1. The monoisotopic (exact) mass is 275 g/mol. The van der Waals surface area contributed by atoms with E-state index in [-0.39, 0.29) is 5.91 Å². The van der Waals surface area contributed by atoms with Crippen molar-refractivity contribution in [2.24, 2.45) is 11.8 Å². The van der Waals surface area contributed by atoms with Crippen molar-refractivity contribution in [1.29, 1.82) is 0 Å². The zero-order chi connectivity index (χ0) is 11.6. The van der Waals surface area contributed by atoms with Gasteiger partial charge in [-0.1, -0.05) is 29.8 Å². The molecule has 1 aliphatic rings. The number of carbonyl (C=O) groups excluding carboxylic acids is 1. The molecule has 1 rings (SSSR count). The van der Waals surface area contributed by atoms with Gasteiger partial charge in [0.15, 0.2) is 0 Å². The highest BCUT2D eigenvalue weighted by atomic mass is 79.9. The number of likely N-dealkylation sites (tertiary alicyclic amines) is 1. The van der Waals surface area contributed by atoms with Crippen molar-refractivity contribution in [3.05, 3.63) is 0 Å². The summed E-state index contributed by atoms with van der Waals surface area (Å²) >= 11 is 3.43. The summed E-state index contributed by atoms with van der Waals surface area (Å²) in [6.07, 6.45) is 2.32. The van der Waals surface area contributed by atoms with Gasteiger partial charge in [0.1, 0.15) is 0 Å². The molecule has 88 valence electrons. The van der Waals surface area contributed by atoms with Gasteiger partial charge in [-0.3, -0.25) is 4.79 Å². The van der Waals surface area contributed by atoms with Crippen molar-refractivity contribution in [2.75, 3.05) is 13.1 Å². The number of carbonyl (C=O) groups is 1. The number of amides is 1. The number of alkyl halides is 1. The minimum Gasteiger partial charge on any atom is -0.341 e. The minimum absolute atomic E-state index is 0.227. The van der Waals surface area contributed by atoms with E-state index in [0.29, 0.717) is 0 Å². The minimum atomic E-state index is -0.405. The van der Waals surface area contributed by atoms with Crippen LogP contribution in [0, 0.1) is 11.8 Å². The summed E-state index contributed by atoms with van der Waals surface area (Å²) in [5.41, 5.74) is 0. The van der Waals surface area contributed by atoms with Gasteiger partial charge in [-0.15, -0.1) is 0 Å². The van der Waals surface area contributed by atoms with Gasteiger partial charge in [0, 0.05) is 13.1 Å². The normalized spacial score (nSPS) is 19.7. The van der Waals surface area contributed by atoms with E-state index >= 15 is 0 Å². The molecule has 2 nitrogen and oxygen atoms in total. The van der Waals surface area contributed by atoms with Gasteiger partial charge in [0.2, 0.25) is 5.91 Å². The third-order valence-electron chi connectivity index (χ3n) is 3.28. The van der Waals surface area contributed by atoms with Crippen molar-refractivity contribution in [3.63, 3.8) is 0 Å². The molecular formula is C12H22BrNO. The molecule has 1 amide bonds. The summed E-state index contributed by atoms with van der Waals surface area (Å²) in [6, 6.07) is 0. The number of piperidine rings is 1. The van der Waals surface area contributed by atoms with Crippen molar-refractivity contribution >= 4 is 21.8 Å². The molecule has 1 saturated heterocycles. The average molecular weight is 276 g/mol. The molecule has 0 spiro atoms. The predicted octanol–water partition coefficient (Wildman–Crippen LogP) is 3.05. The van der Waals surface area contributed by atoms with E-state index in [1.54, 1.807) is 0 Å². The molecule has 1 heterocycles. The summed E-state index contributed by atoms with van der Waals surface area (Å²) < 4.78 is -0.405. The van der Waals surface area contributed by atoms with E-state index < -0.39 is 4.32 Å². The van der Waals surface area contributed by atoms with Crippen LogP contribution in [0.1, 0.15) is 40.5 Å². The SMILES string of the molecule is CC(C)C1CCN(C(=O)C(C)(C)Br)CC1. The van der Waals surface area contributed by atoms with Crippen molar-refractivity contribution in [1.82, 2.24) is 4.90 Å². The number of halogens is 1. The van der Waals surface area contributed by atoms with Crippen molar-refractivity contribution in [3.8, 4) is 0 Å².